The minimum atomic E-state index is 0.0303. The maximum absolute atomic E-state index is 12.6. The predicted octanol–water partition coefficient (Wildman–Crippen LogP) is 1.98. The quantitative estimate of drug-likeness (QED) is 0.810. The Hall–Kier alpha value is -0.610. The minimum absolute atomic E-state index is 0.0303. The van der Waals surface area contributed by atoms with Crippen molar-refractivity contribution in [1.29, 1.82) is 0 Å². The minimum Gasteiger partial charge on any atom is -0.341 e. The first-order valence-electron chi connectivity index (χ1n) is 8.48. The lowest BCUT2D eigenvalue weighted by atomic mass is 9.93. The smallest absolute Gasteiger partial charge is 0.239 e. The van der Waals surface area contributed by atoms with Gasteiger partial charge < -0.3 is 10.6 Å². The van der Waals surface area contributed by atoms with Crippen LogP contribution in [0.15, 0.2) is 0 Å². The van der Waals surface area contributed by atoms with Gasteiger partial charge >= 0.3 is 0 Å². The van der Waals surface area contributed by atoms with Crippen LogP contribution < -0.4 is 5.73 Å². The average Bonchev–Trinajstić information content (AvgIpc) is 3.02. The van der Waals surface area contributed by atoms with Crippen molar-refractivity contribution in [2.45, 2.75) is 70.4 Å². The molecule has 2 N–H and O–H groups in total. The van der Waals surface area contributed by atoms with E-state index in [1.165, 1.54) is 44.9 Å². The van der Waals surface area contributed by atoms with Crippen molar-refractivity contribution in [3.63, 3.8) is 0 Å². The number of likely N-dealkylation sites (tertiary alicyclic amines) is 1. The van der Waals surface area contributed by atoms with Gasteiger partial charge in [0.25, 0.3) is 0 Å². The van der Waals surface area contributed by atoms with E-state index < -0.39 is 0 Å². The number of nitrogens with zero attached hydrogens (tertiary/aromatic N) is 2. The summed E-state index contributed by atoms with van der Waals surface area (Å²) >= 11 is 0. The highest BCUT2D eigenvalue weighted by molar-refractivity contribution is 5.81. The van der Waals surface area contributed by atoms with Gasteiger partial charge in [-0.25, -0.2) is 0 Å². The molecule has 0 aromatic heterocycles. The summed E-state index contributed by atoms with van der Waals surface area (Å²) in [5.74, 6) is 0.338. The molecule has 1 atom stereocenters. The van der Waals surface area contributed by atoms with E-state index >= 15 is 0 Å². The maximum Gasteiger partial charge on any atom is 0.239 e. The van der Waals surface area contributed by atoms with Gasteiger partial charge in [0.2, 0.25) is 5.91 Å². The third kappa shape index (κ3) is 3.95. The highest BCUT2D eigenvalue weighted by Crippen LogP contribution is 2.25. The summed E-state index contributed by atoms with van der Waals surface area (Å²) in [4.78, 5) is 17.2. The molecule has 0 bridgehead atoms. The summed E-state index contributed by atoms with van der Waals surface area (Å²) in [6.07, 6.45) is 9.83. The first-order valence-corrected chi connectivity index (χ1v) is 8.48. The Morgan fingerprint density at radius 2 is 1.85 bits per heavy atom. The molecule has 0 spiro atoms. The summed E-state index contributed by atoms with van der Waals surface area (Å²) in [7, 11) is 0. The van der Waals surface area contributed by atoms with Crippen LogP contribution >= 0.6 is 0 Å². The molecule has 1 heterocycles. The molecule has 2 rings (SSSR count). The van der Waals surface area contributed by atoms with Gasteiger partial charge in [0.1, 0.15) is 0 Å². The second kappa shape index (κ2) is 7.99. The van der Waals surface area contributed by atoms with Crippen molar-refractivity contribution in [3.05, 3.63) is 0 Å². The Kier molecular flexibility index (Phi) is 6.30. The fourth-order valence-corrected chi connectivity index (χ4v) is 3.72. The molecule has 2 aliphatic rings. The summed E-state index contributed by atoms with van der Waals surface area (Å²) in [6, 6.07) is 0.625. The molecule has 4 heteroatoms. The number of carbonyl (C=O) groups excluding carboxylic acids is 1. The number of hydrogen-bond donors (Lipinski definition) is 1. The van der Waals surface area contributed by atoms with Crippen LogP contribution in [-0.2, 0) is 4.79 Å². The van der Waals surface area contributed by atoms with Crippen LogP contribution in [0.3, 0.4) is 0 Å². The van der Waals surface area contributed by atoms with Crippen LogP contribution in [0.1, 0.15) is 58.3 Å². The lowest BCUT2D eigenvalue weighted by Crippen LogP contribution is -2.51. The highest BCUT2D eigenvalue weighted by atomic mass is 16.2. The molecule has 1 aliphatic carbocycles. The number of rotatable bonds is 6. The second-order valence-corrected chi connectivity index (χ2v) is 6.38. The van der Waals surface area contributed by atoms with Gasteiger partial charge in [0, 0.05) is 25.7 Å². The molecule has 2 fully saturated rings. The van der Waals surface area contributed by atoms with Crippen molar-refractivity contribution in [2.75, 3.05) is 26.2 Å². The van der Waals surface area contributed by atoms with Crippen LogP contribution in [0.5, 0.6) is 0 Å². The van der Waals surface area contributed by atoms with E-state index in [2.05, 4.69) is 16.7 Å². The largest absolute Gasteiger partial charge is 0.341 e. The molecular weight excluding hydrogens is 250 g/mol. The van der Waals surface area contributed by atoms with E-state index in [0.29, 0.717) is 18.5 Å². The summed E-state index contributed by atoms with van der Waals surface area (Å²) < 4.78 is 0. The molecule has 1 aliphatic heterocycles. The molecule has 0 radical (unpaired) electrons. The Morgan fingerprint density at radius 1 is 1.20 bits per heavy atom. The number of carbonyl (C=O) groups is 1. The zero-order chi connectivity index (χ0) is 14.4. The SMILES string of the molecule is CC(C(=O)N1CCCC1)N(CCCN)C1CCCCC1. The summed E-state index contributed by atoms with van der Waals surface area (Å²) in [6.45, 7) is 5.71. The second-order valence-electron chi connectivity index (χ2n) is 6.38. The standard InChI is InChI=1S/C16H31N3O/c1-14(16(20)18-11-5-6-12-18)19(13-7-10-17)15-8-3-2-4-9-15/h14-15H,2-13,17H2,1H3. The lowest BCUT2D eigenvalue weighted by molar-refractivity contribution is -0.136. The topological polar surface area (TPSA) is 49.6 Å². The van der Waals surface area contributed by atoms with E-state index in [0.717, 1.165) is 26.1 Å². The zero-order valence-electron chi connectivity index (χ0n) is 13.0. The van der Waals surface area contributed by atoms with Gasteiger partial charge in [-0.05, 0) is 45.6 Å². The van der Waals surface area contributed by atoms with E-state index in [-0.39, 0.29) is 6.04 Å². The van der Waals surface area contributed by atoms with Gasteiger partial charge in [0.15, 0.2) is 0 Å². The number of nitrogens with two attached hydrogens (primary N) is 1. The maximum atomic E-state index is 12.6. The van der Waals surface area contributed by atoms with Crippen LogP contribution in [0.2, 0.25) is 0 Å². The molecule has 1 saturated carbocycles. The van der Waals surface area contributed by atoms with E-state index in [4.69, 9.17) is 5.73 Å². The molecule has 0 aromatic rings. The third-order valence-electron chi connectivity index (χ3n) is 4.94. The molecule has 20 heavy (non-hydrogen) atoms. The normalized spacial score (nSPS) is 22.4. The Bertz CT molecular complexity index is 296. The summed E-state index contributed by atoms with van der Waals surface area (Å²) in [5, 5.41) is 0. The van der Waals surface area contributed by atoms with Crippen LogP contribution in [0, 0.1) is 0 Å². The van der Waals surface area contributed by atoms with Gasteiger partial charge in [-0.15, -0.1) is 0 Å². The number of amides is 1. The summed E-state index contributed by atoms with van der Waals surface area (Å²) in [5.41, 5.74) is 5.68. The number of hydrogen-bond acceptors (Lipinski definition) is 3. The predicted molar refractivity (Wildman–Crippen MR) is 82.5 cm³/mol. The highest BCUT2D eigenvalue weighted by Gasteiger charge is 2.32. The van der Waals surface area contributed by atoms with Gasteiger partial charge in [-0.1, -0.05) is 19.3 Å². The zero-order valence-corrected chi connectivity index (χ0v) is 13.0. The Morgan fingerprint density at radius 3 is 2.45 bits per heavy atom. The Balaban J connectivity index is 1.97. The molecule has 0 aromatic carbocycles. The van der Waals surface area contributed by atoms with Crippen LogP contribution in [0.4, 0.5) is 0 Å². The molecule has 1 amide bonds. The van der Waals surface area contributed by atoms with Crippen LogP contribution in [-0.4, -0.2) is 54.0 Å². The lowest BCUT2D eigenvalue weighted by Gasteiger charge is -2.39. The first kappa shape index (κ1) is 15.8. The van der Waals surface area contributed by atoms with Crippen molar-refractivity contribution in [3.8, 4) is 0 Å². The van der Waals surface area contributed by atoms with E-state index in [1.807, 2.05) is 0 Å². The van der Waals surface area contributed by atoms with Crippen LogP contribution in [0.25, 0.3) is 0 Å². The average molecular weight is 281 g/mol. The molecule has 1 unspecified atom stereocenters. The van der Waals surface area contributed by atoms with Gasteiger partial charge in [-0.3, -0.25) is 9.69 Å². The third-order valence-corrected chi connectivity index (χ3v) is 4.94. The van der Waals surface area contributed by atoms with Crippen molar-refractivity contribution in [2.24, 2.45) is 5.73 Å². The van der Waals surface area contributed by atoms with Gasteiger partial charge in [0.05, 0.1) is 6.04 Å². The molecule has 1 saturated heterocycles. The van der Waals surface area contributed by atoms with E-state index in [1.54, 1.807) is 0 Å². The van der Waals surface area contributed by atoms with E-state index in [9.17, 15) is 4.79 Å². The fraction of sp³-hybridized carbons (Fsp3) is 0.938. The Labute approximate surface area is 123 Å². The first-order chi connectivity index (χ1) is 9.74. The van der Waals surface area contributed by atoms with Crippen molar-refractivity contribution >= 4 is 5.91 Å². The van der Waals surface area contributed by atoms with Crippen molar-refractivity contribution in [1.82, 2.24) is 9.80 Å². The molecule has 4 nitrogen and oxygen atoms in total. The van der Waals surface area contributed by atoms with Crippen molar-refractivity contribution < 1.29 is 4.79 Å². The molecular formula is C16H31N3O. The molecule has 116 valence electrons. The van der Waals surface area contributed by atoms with Gasteiger partial charge in [-0.2, -0.15) is 0 Å². The monoisotopic (exact) mass is 281 g/mol. The fourth-order valence-electron chi connectivity index (χ4n) is 3.72.